The molecular weight excluding hydrogens is 344 g/mol. The van der Waals surface area contributed by atoms with Crippen LogP contribution in [0.5, 0.6) is 5.75 Å². The lowest BCUT2D eigenvalue weighted by atomic mass is 10.1. The fraction of sp³-hybridized carbons (Fsp3) is 0.133. The first kappa shape index (κ1) is 14.9. The quantitative estimate of drug-likeness (QED) is 0.869. The van der Waals surface area contributed by atoms with Crippen molar-refractivity contribution >= 4 is 33.5 Å². The molecule has 20 heavy (non-hydrogen) atoms. The Labute approximate surface area is 130 Å². The van der Waals surface area contributed by atoms with Gasteiger partial charge in [0.05, 0.1) is 10.9 Å². The Bertz CT molecular complexity index is 628. The third kappa shape index (κ3) is 3.99. The van der Waals surface area contributed by atoms with Gasteiger partial charge < -0.3 is 9.84 Å². The number of benzene rings is 2. The van der Waals surface area contributed by atoms with E-state index in [0.717, 1.165) is 15.6 Å². The molecule has 0 spiro atoms. The normalized spacial score (nSPS) is 10.3. The summed E-state index contributed by atoms with van der Waals surface area (Å²) in [5.41, 5.74) is 1.61. The van der Waals surface area contributed by atoms with E-state index >= 15 is 0 Å². The predicted octanol–water partition coefficient (Wildman–Crippen LogP) is 4.31. The van der Waals surface area contributed by atoms with Gasteiger partial charge >= 0.3 is 5.97 Å². The monoisotopic (exact) mass is 354 g/mol. The molecule has 0 aliphatic carbocycles. The minimum Gasteiger partial charge on any atom is -0.488 e. The highest BCUT2D eigenvalue weighted by Crippen LogP contribution is 2.28. The lowest BCUT2D eigenvalue weighted by Crippen LogP contribution is -2.06. The van der Waals surface area contributed by atoms with Crippen LogP contribution in [0.2, 0.25) is 5.02 Å². The fourth-order valence-corrected chi connectivity index (χ4v) is 2.58. The number of carboxylic acid groups (broad SMARTS) is 1. The Morgan fingerprint density at radius 2 is 1.90 bits per heavy atom. The van der Waals surface area contributed by atoms with Crippen LogP contribution >= 0.6 is 27.5 Å². The first-order chi connectivity index (χ1) is 9.56. The summed E-state index contributed by atoms with van der Waals surface area (Å²) in [6, 6.07) is 12.6. The lowest BCUT2D eigenvalue weighted by Gasteiger charge is -2.11. The van der Waals surface area contributed by atoms with Gasteiger partial charge in [0, 0.05) is 5.02 Å². The molecule has 2 rings (SSSR count). The molecule has 0 bridgehead atoms. The van der Waals surface area contributed by atoms with E-state index in [0.29, 0.717) is 17.4 Å². The summed E-state index contributed by atoms with van der Waals surface area (Å²) in [6.07, 6.45) is -0.0126. The largest absolute Gasteiger partial charge is 0.488 e. The van der Waals surface area contributed by atoms with Crippen molar-refractivity contribution in [2.24, 2.45) is 0 Å². The van der Waals surface area contributed by atoms with Crippen molar-refractivity contribution in [3.05, 3.63) is 63.1 Å². The second kappa shape index (κ2) is 6.77. The van der Waals surface area contributed by atoms with E-state index in [1.54, 1.807) is 24.3 Å². The molecule has 0 fully saturated rings. The van der Waals surface area contributed by atoms with Crippen molar-refractivity contribution in [2.75, 3.05) is 0 Å². The number of aliphatic carboxylic acids is 1. The molecule has 2 aromatic rings. The van der Waals surface area contributed by atoms with Crippen LogP contribution in [0.25, 0.3) is 0 Å². The molecule has 5 heteroatoms. The second-order valence-electron chi connectivity index (χ2n) is 4.20. The van der Waals surface area contributed by atoms with E-state index in [1.807, 2.05) is 18.2 Å². The maximum absolute atomic E-state index is 10.8. The Balaban J connectivity index is 2.12. The van der Waals surface area contributed by atoms with Crippen molar-refractivity contribution in [2.45, 2.75) is 13.0 Å². The predicted molar refractivity (Wildman–Crippen MR) is 81.3 cm³/mol. The van der Waals surface area contributed by atoms with Gasteiger partial charge in [-0.3, -0.25) is 4.79 Å². The highest BCUT2D eigenvalue weighted by molar-refractivity contribution is 9.10. The second-order valence-corrected chi connectivity index (χ2v) is 5.49. The van der Waals surface area contributed by atoms with Crippen LogP contribution in [0, 0.1) is 0 Å². The van der Waals surface area contributed by atoms with Crippen molar-refractivity contribution < 1.29 is 14.6 Å². The number of carboxylic acids is 1. The van der Waals surface area contributed by atoms with E-state index < -0.39 is 5.97 Å². The number of hydrogen-bond donors (Lipinski definition) is 1. The van der Waals surface area contributed by atoms with E-state index in [1.165, 1.54) is 0 Å². The minimum absolute atomic E-state index is 0.0126. The summed E-state index contributed by atoms with van der Waals surface area (Å²) in [7, 11) is 0. The molecule has 1 N–H and O–H groups in total. The van der Waals surface area contributed by atoms with Crippen molar-refractivity contribution in [3.8, 4) is 5.75 Å². The van der Waals surface area contributed by atoms with Crippen LogP contribution in [0.15, 0.2) is 46.9 Å². The number of carbonyl (C=O) groups is 1. The van der Waals surface area contributed by atoms with E-state index in [9.17, 15) is 4.79 Å². The lowest BCUT2D eigenvalue weighted by molar-refractivity contribution is -0.136. The van der Waals surface area contributed by atoms with Crippen LogP contribution < -0.4 is 4.74 Å². The molecule has 0 unspecified atom stereocenters. The summed E-state index contributed by atoms with van der Waals surface area (Å²) in [6.45, 7) is 0.309. The number of ether oxygens (including phenoxy) is 1. The highest BCUT2D eigenvalue weighted by atomic mass is 79.9. The number of rotatable bonds is 5. The number of hydrogen-bond acceptors (Lipinski definition) is 2. The Hall–Kier alpha value is -1.52. The molecule has 0 amide bonds. The van der Waals surface area contributed by atoms with E-state index in [2.05, 4.69) is 15.9 Å². The number of halogens is 2. The van der Waals surface area contributed by atoms with Crippen LogP contribution in [0.1, 0.15) is 11.1 Å². The molecule has 0 radical (unpaired) electrons. The molecule has 0 aliphatic heterocycles. The molecule has 0 atom stereocenters. The third-order valence-electron chi connectivity index (χ3n) is 2.74. The van der Waals surface area contributed by atoms with Gasteiger partial charge in [-0.25, -0.2) is 0 Å². The summed E-state index contributed by atoms with van der Waals surface area (Å²) in [4.78, 5) is 10.8. The van der Waals surface area contributed by atoms with E-state index in [-0.39, 0.29) is 6.42 Å². The van der Waals surface area contributed by atoms with Gasteiger partial charge in [-0.2, -0.15) is 0 Å². The first-order valence-corrected chi connectivity index (χ1v) is 7.10. The zero-order chi connectivity index (χ0) is 14.5. The van der Waals surface area contributed by atoms with Gasteiger partial charge in [-0.15, -0.1) is 0 Å². The molecule has 2 aromatic carbocycles. The molecule has 104 valence electrons. The molecule has 0 heterocycles. The SMILES string of the molecule is O=C(O)Cc1ccccc1COc1ccc(Cl)cc1Br. The first-order valence-electron chi connectivity index (χ1n) is 5.92. The van der Waals surface area contributed by atoms with E-state index in [4.69, 9.17) is 21.4 Å². The average molecular weight is 356 g/mol. The zero-order valence-corrected chi connectivity index (χ0v) is 12.8. The standard InChI is InChI=1S/C15H12BrClO3/c16-13-8-12(17)5-6-14(13)20-9-11-4-2-1-3-10(11)7-15(18)19/h1-6,8H,7,9H2,(H,18,19). The third-order valence-corrected chi connectivity index (χ3v) is 3.59. The van der Waals surface area contributed by atoms with Gasteiger partial charge in [-0.1, -0.05) is 35.9 Å². The van der Waals surface area contributed by atoms with Crippen LogP contribution in [0.3, 0.4) is 0 Å². The summed E-state index contributed by atoms with van der Waals surface area (Å²) >= 11 is 9.24. The summed E-state index contributed by atoms with van der Waals surface area (Å²) in [5, 5.41) is 9.51. The van der Waals surface area contributed by atoms with Crippen LogP contribution in [-0.4, -0.2) is 11.1 Å². The molecule has 3 nitrogen and oxygen atoms in total. The van der Waals surface area contributed by atoms with Gasteiger partial charge in [0.2, 0.25) is 0 Å². The minimum atomic E-state index is -0.856. The van der Waals surface area contributed by atoms with Crippen LogP contribution in [-0.2, 0) is 17.8 Å². The Morgan fingerprint density at radius 1 is 1.20 bits per heavy atom. The topological polar surface area (TPSA) is 46.5 Å². The zero-order valence-electron chi connectivity index (χ0n) is 10.5. The van der Waals surface area contributed by atoms with Crippen molar-refractivity contribution in [1.82, 2.24) is 0 Å². The smallest absolute Gasteiger partial charge is 0.307 e. The molecule has 0 saturated heterocycles. The maximum atomic E-state index is 10.8. The highest BCUT2D eigenvalue weighted by Gasteiger charge is 2.08. The molecule has 0 aromatic heterocycles. The van der Waals surface area contributed by atoms with Gasteiger partial charge in [-0.05, 0) is 45.3 Å². The summed E-state index contributed by atoms with van der Waals surface area (Å²) < 4.78 is 6.47. The van der Waals surface area contributed by atoms with Gasteiger partial charge in [0.25, 0.3) is 0 Å². The van der Waals surface area contributed by atoms with Crippen molar-refractivity contribution in [3.63, 3.8) is 0 Å². The summed E-state index contributed by atoms with van der Waals surface area (Å²) in [5.74, 6) is -0.190. The molecular formula is C15H12BrClO3. The Morgan fingerprint density at radius 3 is 2.55 bits per heavy atom. The molecule has 0 aliphatic rings. The van der Waals surface area contributed by atoms with Crippen LogP contribution in [0.4, 0.5) is 0 Å². The average Bonchev–Trinajstić information content (AvgIpc) is 2.39. The maximum Gasteiger partial charge on any atom is 0.307 e. The van der Waals surface area contributed by atoms with Gasteiger partial charge in [0.1, 0.15) is 12.4 Å². The Kier molecular flexibility index (Phi) is 5.04. The fourth-order valence-electron chi connectivity index (χ4n) is 1.78. The van der Waals surface area contributed by atoms with Gasteiger partial charge in [0.15, 0.2) is 0 Å². The molecule has 0 saturated carbocycles. The van der Waals surface area contributed by atoms with Crippen molar-refractivity contribution in [1.29, 1.82) is 0 Å².